The number of likely N-dealkylation sites (N-methyl/N-ethyl adjacent to an activating group) is 1. The summed E-state index contributed by atoms with van der Waals surface area (Å²) in [5, 5.41) is 6.12. The topological polar surface area (TPSA) is 72.7 Å². The number of nitrogens with zero attached hydrogens (tertiary/aromatic N) is 1. The Morgan fingerprint density at radius 3 is 2.73 bits per heavy atom. The largest absolute Gasteiger partial charge is 0.461 e. The maximum Gasteiger partial charge on any atom is 0.279 e. The van der Waals surface area contributed by atoms with Gasteiger partial charge in [0.2, 0.25) is 5.76 Å². The van der Waals surface area contributed by atoms with E-state index in [-0.39, 0.29) is 6.54 Å². The SMILES string of the molecule is C[NH+](CC(=O)Nc1ccc(F)c(F)c1F)Cc1cc(-c2ccco2)on1. The summed E-state index contributed by atoms with van der Waals surface area (Å²) < 4.78 is 50.0. The summed E-state index contributed by atoms with van der Waals surface area (Å²) in [5.41, 5.74) is 0.184. The molecule has 1 atom stereocenters. The Balaban J connectivity index is 1.57. The molecule has 6 nitrogen and oxygen atoms in total. The van der Waals surface area contributed by atoms with E-state index in [2.05, 4.69) is 10.5 Å². The maximum atomic E-state index is 13.6. The molecular weight excluding hydrogens is 351 g/mol. The molecule has 9 heteroatoms. The Hall–Kier alpha value is -3.07. The third-order valence-electron chi connectivity index (χ3n) is 3.58. The third kappa shape index (κ3) is 3.94. The molecule has 1 aromatic carbocycles. The van der Waals surface area contributed by atoms with Crippen molar-refractivity contribution < 1.29 is 31.8 Å². The number of anilines is 1. The van der Waals surface area contributed by atoms with Crippen LogP contribution >= 0.6 is 0 Å². The molecule has 0 aliphatic heterocycles. The van der Waals surface area contributed by atoms with Crippen molar-refractivity contribution in [2.24, 2.45) is 0 Å². The number of aromatic nitrogens is 1. The van der Waals surface area contributed by atoms with Crippen molar-refractivity contribution in [2.75, 3.05) is 18.9 Å². The molecule has 0 aliphatic rings. The molecule has 3 rings (SSSR count). The Labute approximate surface area is 146 Å². The predicted octanol–water partition coefficient (Wildman–Crippen LogP) is 2.01. The fraction of sp³-hybridized carbons (Fsp3) is 0.176. The molecule has 2 aromatic heterocycles. The fourth-order valence-electron chi connectivity index (χ4n) is 2.39. The number of nitrogens with one attached hydrogen (secondary N) is 2. The Morgan fingerprint density at radius 2 is 2.00 bits per heavy atom. The molecule has 0 radical (unpaired) electrons. The van der Waals surface area contributed by atoms with Gasteiger partial charge in [-0.15, -0.1) is 0 Å². The average molecular weight is 366 g/mol. The van der Waals surface area contributed by atoms with Crippen molar-refractivity contribution in [2.45, 2.75) is 6.54 Å². The van der Waals surface area contributed by atoms with E-state index in [1.165, 1.54) is 6.26 Å². The highest BCUT2D eigenvalue weighted by Crippen LogP contribution is 2.20. The van der Waals surface area contributed by atoms with Crippen molar-refractivity contribution in [3.8, 4) is 11.5 Å². The molecule has 2 heterocycles. The summed E-state index contributed by atoms with van der Waals surface area (Å²) in [6, 6.07) is 6.85. The molecule has 0 aliphatic carbocycles. The van der Waals surface area contributed by atoms with Crippen molar-refractivity contribution in [1.29, 1.82) is 0 Å². The van der Waals surface area contributed by atoms with E-state index in [4.69, 9.17) is 8.94 Å². The lowest BCUT2D eigenvalue weighted by Gasteiger charge is -2.12. The molecule has 2 N–H and O–H groups in total. The van der Waals surface area contributed by atoms with Gasteiger partial charge < -0.3 is 19.2 Å². The van der Waals surface area contributed by atoms with Gasteiger partial charge in [-0.1, -0.05) is 5.16 Å². The van der Waals surface area contributed by atoms with E-state index in [0.29, 0.717) is 23.8 Å². The summed E-state index contributed by atoms with van der Waals surface area (Å²) in [6.45, 7) is 0.319. The van der Waals surface area contributed by atoms with Gasteiger partial charge in [0.15, 0.2) is 29.8 Å². The second kappa shape index (κ2) is 7.44. The quantitative estimate of drug-likeness (QED) is 0.655. The first-order valence-corrected chi connectivity index (χ1v) is 7.68. The Morgan fingerprint density at radius 1 is 1.19 bits per heavy atom. The first-order valence-electron chi connectivity index (χ1n) is 7.68. The minimum absolute atomic E-state index is 0.0403. The highest BCUT2D eigenvalue weighted by atomic mass is 19.2. The molecule has 0 fully saturated rings. The van der Waals surface area contributed by atoms with Gasteiger partial charge >= 0.3 is 0 Å². The molecule has 136 valence electrons. The second-order valence-corrected chi connectivity index (χ2v) is 5.74. The van der Waals surface area contributed by atoms with Crippen molar-refractivity contribution in [1.82, 2.24) is 5.16 Å². The van der Waals surface area contributed by atoms with Gasteiger partial charge in [0.05, 0.1) is 19.0 Å². The Bertz CT molecular complexity index is 909. The van der Waals surface area contributed by atoms with Crippen LogP contribution in [0.15, 0.2) is 45.5 Å². The van der Waals surface area contributed by atoms with E-state index >= 15 is 0 Å². The predicted molar refractivity (Wildman–Crippen MR) is 84.6 cm³/mol. The minimum atomic E-state index is -1.63. The number of halogens is 3. The lowest BCUT2D eigenvalue weighted by atomic mass is 10.2. The van der Waals surface area contributed by atoms with Crippen molar-refractivity contribution in [3.05, 3.63) is 59.7 Å². The van der Waals surface area contributed by atoms with Crippen LogP contribution in [-0.4, -0.2) is 24.7 Å². The molecule has 0 spiro atoms. The van der Waals surface area contributed by atoms with Gasteiger partial charge in [0.25, 0.3) is 5.91 Å². The van der Waals surface area contributed by atoms with Crippen LogP contribution in [-0.2, 0) is 11.3 Å². The van der Waals surface area contributed by atoms with Gasteiger partial charge in [0, 0.05) is 6.07 Å². The number of rotatable bonds is 6. The van der Waals surface area contributed by atoms with E-state index in [1.54, 1.807) is 25.2 Å². The lowest BCUT2D eigenvalue weighted by molar-refractivity contribution is -0.885. The number of benzene rings is 1. The highest BCUT2D eigenvalue weighted by Gasteiger charge is 2.18. The first-order chi connectivity index (χ1) is 12.4. The van der Waals surface area contributed by atoms with Gasteiger partial charge in [-0.25, -0.2) is 13.2 Å². The standard InChI is InChI=1S/C17H14F3N3O3/c1-23(8-10-7-14(26-22-10)13-3-2-6-25-13)9-15(24)21-12-5-4-11(18)16(19)17(12)20/h2-7H,8-9H2,1H3,(H,21,24)/p+1. The summed E-state index contributed by atoms with van der Waals surface area (Å²) >= 11 is 0. The molecule has 1 amide bonds. The number of quaternary nitrogens is 1. The number of amides is 1. The number of carbonyl (C=O) groups is 1. The van der Waals surface area contributed by atoms with E-state index < -0.39 is 29.0 Å². The van der Waals surface area contributed by atoms with Crippen molar-refractivity contribution >= 4 is 11.6 Å². The second-order valence-electron chi connectivity index (χ2n) is 5.74. The zero-order valence-corrected chi connectivity index (χ0v) is 13.7. The number of furan rings is 1. The van der Waals surface area contributed by atoms with E-state index in [1.807, 2.05) is 0 Å². The molecule has 0 saturated carbocycles. The van der Waals surface area contributed by atoms with Crippen LogP contribution in [0.25, 0.3) is 11.5 Å². The monoisotopic (exact) mass is 366 g/mol. The minimum Gasteiger partial charge on any atom is -0.461 e. The molecule has 3 aromatic rings. The fourth-order valence-corrected chi connectivity index (χ4v) is 2.39. The van der Waals surface area contributed by atoms with Crippen LogP contribution in [0.3, 0.4) is 0 Å². The van der Waals surface area contributed by atoms with Crippen molar-refractivity contribution in [3.63, 3.8) is 0 Å². The number of hydrogen-bond donors (Lipinski definition) is 2. The van der Waals surface area contributed by atoms with Gasteiger partial charge in [-0.2, -0.15) is 0 Å². The Kier molecular flexibility index (Phi) is 5.08. The van der Waals surface area contributed by atoms with E-state index in [9.17, 15) is 18.0 Å². The third-order valence-corrected chi connectivity index (χ3v) is 3.58. The smallest absolute Gasteiger partial charge is 0.279 e. The molecule has 0 saturated heterocycles. The summed E-state index contributed by atoms with van der Waals surface area (Å²) in [4.78, 5) is 12.7. The normalized spacial score (nSPS) is 12.2. The average Bonchev–Trinajstić information content (AvgIpc) is 3.26. The molecule has 26 heavy (non-hydrogen) atoms. The van der Waals surface area contributed by atoms with Crippen LogP contribution in [0.4, 0.5) is 18.9 Å². The zero-order valence-electron chi connectivity index (χ0n) is 13.7. The highest BCUT2D eigenvalue weighted by molar-refractivity contribution is 5.91. The van der Waals surface area contributed by atoms with Gasteiger partial charge in [0.1, 0.15) is 12.2 Å². The van der Waals surface area contributed by atoms with E-state index in [0.717, 1.165) is 17.0 Å². The number of hydrogen-bond acceptors (Lipinski definition) is 4. The first kappa shape index (κ1) is 17.7. The van der Waals surface area contributed by atoms with Gasteiger partial charge in [-0.3, -0.25) is 4.79 Å². The van der Waals surface area contributed by atoms with Crippen LogP contribution in [0.1, 0.15) is 5.69 Å². The van der Waals surface area contributed by atoms with Gasteiger partial charge in [-0.05, 0) is 24.3 Å². The lowest BCUT2D eigenvalue weighted by Crippen LogP contribution is -3.08. The van der Waals surface area contributed by atoms with Crippen LogP contribution in [0.2, 0.25) is 0 Å². The summed E-state index contributed by atoms with van der Waals surface area (Å²) in [5.74, 6) is -3.94. The molecule has 1 unspecified atom stereocenters. The van der Waals surface area contributed by atoms with Crippen LogP contribution in [0, 0.1) is 17.5 Å². The number of carbonyl (C=O) groups excluding carboxylic acids is 1. The maximum absolute atomic E-state index is 13.6. The van der Waals surface area contributed by atoms with Crippen LogP contribution in [0.5, 0.6) is 0 Å². The summed E-state index contributed by atoms with van der Waals surface area (Å²) in [6.07, 6.45) is 1.51. The van der Waals surface area contributed by atoms with Crippen LogP contribution < -0.4 is 10.2 Å². The summed E-state index contributed by atoms with van der Waals surface area (Å²) in [7, 11) is 1.72. The zero-order chi connectivity index (χ0) is 18.7. The molecular formula is C17H15F3N3O3+. The molecule has 0 bridgehead atoms.